The minimum absolute atomic E-state index is 0.0815. The van der Waals surface area contributed by atoms with Crippen molar-refractivity contribution in [2.24, 2.45) is 0 Å². The summed E-state index contributed by atoms with van der Waals surface area (Å²) in [7, 11) is 4.04. The van der Waals surface area contributed by atoms with Gasteiger partial charge in [-0.25, -0.2) is 9.10 Å². The van der Waals surface area contributed by atoms with Crippen LogP contribution in [0.25, 0.3) is 22.2 Å². The van der Waals surface area contributed by atoms with Crippen molar-refractivity contribution in [2.75, 3.05) is 27.2 Å². The summed E-state index contributed by atoms with van der Waals surface area (Å²) in [5.41, 5.74) is 7.04. The minimum Gasteiger partial charge on any atom is -0.497 e. The Morgan fingerprint density at radius 2 is 1.80 bits per heavy atom. The van der Waals surface area contributed by atoms with Crippen LogP contribution >= 0.6 is 11.9 Å². The van der Waals surface area contributed by atoms with Crippen molar-refractivity contribution >= 4 is 28.8 Å². The number of ether oxygens (including phenoxy) is 1. The maximum atomic E-state index is 12.1. The van der Waals surface area contributed by atoms with Gasteiger partial charge in [0.2, 0.25) is 0 Å². The van der Waals surface area contributed by atoms with Gasteiger partial charge in [-0.1, -0.05) is 37.3 Å². The quantitative estimate of drug-likeness (QED) is 0.351. The molecule has 0 radical (unpaired) electrons. The number of carbonyl (C=O) groups is 1. The molecule has 2 aliphatic carbocycles. The third kappa shape index (κ3) is 3.80. The largest absolute Gasteiger partial charge is 0.497 e. The van der Waals surface area contributed by atoms with Gasteiger partial charge in [0.25, 0.3) is 0 Å². The first-order chi connectivity index (χ1) is 19.5. The monoisotopic (exact) mass is 557 g/mol. The van der Waals surface area contributed by atoms with E-state index in [4.69, 9.17) is 4.74 Å². The lowest BCUT2D eigenvalue weighted by atomic mass is 9.81. The minimum atomic E-state index is -0.849. The summed E-state index contributed by atoms with van der Waals surface area (Å²) >= 11 is 2.15. The van der Waals surface area contributed by atoms with Crippen LogP contribution in [0.15, 0.2) is 36.4 Å². The predicted octanol–water partition coefficient (Wildman–Crippen LogP) is 6.73. The number of likely N-dealkylation sites (N-methyl/N-ethyl adjacent to an activating group) is 1. The Morgan fingerprint density at radius 1 is 1.02 bits per heavy atom. The molecule has 40 heavy (non-hydrogen) atoms. The molecule has 4 fully saturated rings. The van der Waals surface area contributed by atoms with Crippen molar-refractivity contribution in [3.8, 4) is 17.0 Å². The number of aromatic carboxylic acids is 1. The molecule has 4 unspecified atom stereocenters. The normalized spacial score (nSPS) is 30.0. The number of hydrogen-bond acceptors (Lipinski definition) is 5. The number of rotatable bonds is 5. The van der Waals surface area contributed by atoms with Crippen LogP contribution in [0, 0.1) is 0 Å². The Kier molecular flexibility index (Phi) is 5.85. The molecule has 1 N–H and O–H groups in total. The first-order valence-electron chi connectivity index (χ1n) is 15.2. The second-order valence-electron chi connectivity index (χ2n) is 13.1. The highest BCUT2D eigenvalue weighted by atomic mass is 32.2. The molecule has 3 aliphatic heterocycles. The molecule has 4 atom stereocenters. The van der Waals surface area contributed by atoms with Crippen molar-refractivity contribution in [2.45, 2.75) is 86.6 Å². The molecule has 2 aromatic carbocycles. The summed E-state index contributed by atoms with van der Waals surface area (Å²) in [5, 5.41) is 11.2. The lowest BCUT2D eigenvalue weighted by Gasteiger charge is -2.40. The number of likely N-dealkylation sites (tertiary alicyclic amines) is 1. The van der Waals surface area contributed by atoms with E-state index in [2.05, 4.69) is 57.0 Å². The molecule has 1 aromatic heterocycles. The van der Waals surface area contributed by atoms with E-state index < -0.39 is 5.97 Å². The first-order valence-corrected chi connectivity index (χ1v) is 16.0. The third-order valence-electron chi connectivity index (χ3n) is 10.6. The molecule has 2 saturated heterocycles. The van der Waals surface area contributed by atoms with Crippen LogP contribution in [0.3, 0.4) is 0 Å². The molecule has 6 nitrogen and oxygen atoms in total. The summed E-state index contributed by atoms with van der Waals surface area (Å²) in [6, 6.07) is 13.8. The smallest absolute Gasteiger partial charge is 0.335 e. The molecule has 2 bridgehead atoms. The summed E-state index contributed by atoms with van der Waals surface area (Å²) in [6.07, 6.45) is 10.0. The van der Waals surface area contributed by atoms with Crippen LogP contribution in [0.5, 0.6) is 5.75 Å². The number of fused-ring (bicyclic) bond motifs is 9. The van der Waals surface area contributed by atoms with E-state index in [0.29, 0.717) is 29.5 Å². The highest BCUT2D eigenvalue weighted by Gasteiger charge is 2.61. The summed E-state index contributed by atoms with van der Waals surface area (Å²) in [6.45, 7) is 3.23. The van der Waals surface area contributed by atoms with Crippen molar-refractivity contribution < 1.29 is 14.6 Å². The van der Waals surface area contributed by atoms with E-state index in [0.717, 1.165) is 37.3 Å². The molecule has 0 spiro atoms. The lowest BCUT2D eigenvalue weighted by Crippen LogP contribution is -2.50. The maximum absolute atomic E-state index is 12.1. The number of aromatic nitrogens is 1. The third-order valence-corrected chi connectivity index (χ3v) is 12.3. The van der Waals surface area contributed by atoms with E-state index in [1.807, 2.05) is 12.1 Å². The standard InChI is InChI=1S/C33H39N3O3S/c1-34-17-22-9-10-23(18-34)36(22)40-33-16-28(33)27-15-24(39-2)11-13-25(27)31-30(20-6-4-3-5-7-20)26-12-8-21(32(37)38)14-29(26)35(31)19-33/h8,11-15,20,22-23,28H,3-7,9-10,16-19H2,1-2H3,(H,37,38). The molecule has 7 heteroatoms. The van der Waals surface area contributed by atoms with Crippen molar-refractivity contribution in [3.05, 3.63) is 53.1 Å². The van der Waals surface area contributed by atoms with Crippen molar-refractivity contribution in [3.63, 3.8) is 0 Å². The van der Waals surface area contributed by atoms with E-state index >= 15 is 0 Å². The molecule has 0 amide bonds. The number of nitrogens with zero attached hydrogens (tertiary/aromatic N) is 3. The lowest BCUT2D eigenvalue weighted by molar-refractivity contribution is 0.0697. The summed E-state index contributed by atoms with van der Waals surface area (Å²) in [5.74, 6) is 1.07. The van der Waals surface area contributed by atoms with Crippen LogP contribution in [0.1, 0.15) is 84.7 Å². The fraction of sp³-hybridized carbons (Fsp3) is 0.545. The molecule has 2 saturated carbocycles. The number of methoxy groups -OCH3 is 1. The average Bonchev–Trinajstić information content (AvgIpc) is 3.53. The molecule has 3 aromatic rings. The Labute approximate surface area is 240 Å². The first kappa shape index (κ1) is 25.2. The van der Waals surface area contributed by atoms with Gasteiger partial charge in [-0.2, -0.15) is 0 Å². The van der Waals surface area contributed by atoms with Gasteiger partial charge in [0.05, 0.1) is 23.1 Å². The zero-order chi connectivity index (χ0) is 27.2. The van der Waals surface area contributed by atoms with E-state index in [1.165, 1.54) is 72.7 Å². The predicted molar refractivity (Wildman–Crippen MR) is 161 cm³/mol. The number of hydrogen-bond donors (Lipinski definition) is 1. The topological polar surface area (TPSA) is 57.9 Å². The van der Waals surface area contributed by atoms with E-state index in [9.17, 15) is 9.90 Å². The molecule has 8 rings (SSSR count). The van der Waals surface area contributed by atoms with Gasteiger partial charge in [-0.05, 0) is 86.5 Å². The molecular formula is C33H39N3O3S. The second-order valence-corrected chi connectivity index (χ2v) is 14.5. The Balaban J connectivity index is 1.33. The number of benzene rings is 2. The highest BCUT2D eigenvalue weighted by molar-refractivity contribution is 7.98. The SMILES string of the molecule is COc1ccc2c(c1)C1CC1(SN1C3CCC1CN(C)C3)Cn1c-2c(C2CCCCC2)c2ccc(C(=O)O)cc21. The number of carboxylic acids is 1. The van der Waals surface area contributed by atoms with E-state index in [-0.39, 0.29) is 4.75 Å². The highest BCUT2D eigenvalue weighted by Crippen LogP contribution is 2.67. The summed E-state index contributed by atoms with van der Waals surface area (Å²) < 4.78 is 11.2. The van der Waals surface area contributed by atoms with Gasteiger partial charge in [-0.15, -0.1) is 0 Å². The Hall–Kier alpha value is -2.48. The molecule has 5 aliphatic rings. The van der Waals surface area contributed by atoms with Gasteiger partial charge in [0.1, 0.15) is 5.75 Å². The number of carboxylic acid groups (broad SMARTS) is 1. The van der Waals surface area contributed by atoms with Gasteiger partial charge in [0, 0.05) is 54.1 Å². The van der Waals surface area contributed by atoms with Crippen LogP contribution in [0.2, 0.25) is 0 Å². The molecule has 210 valence electrons. The fourth-order valence-corrected chi connectivity index (χ4v) is 10.4. The Bertz CT molecular complexity index is 1500. The van der Waals surface area contributed by atoms with Gasteiger partial charge in [0.15, 0.2) is 0 Å². The maximum Gasteiger partial charge on any atom is 0.335 e. The van der Waals surface area contributed by atoms with Crippen LogP contribution in [-0.4, -0.2) is 68.9 Å². The van der Waals surface area contributed by atoms with Gasteiger partial charge >= 0.3 is 5.97 Å². The van der Waals surface area contributed by atoms with Gasteiger partial charge in [-0.3, -0.25) is 0 Å². The van der Waals surface area contributed by atoms with Gasteiger partial charge < -0.3 is 19.3 Å². The zero-order valence-corrected chi connectivity index (χ0v) is 24.4. The second kappa shape index (κ2) is 9.27. The van der Waals surface area contributed by atoms with Crippen molar-refractivity contribution in [1.29, 1.82) is 0 Å². The van der Waals surface area contributed by atoms with Crippen LogP contribution < -0.4 is 4.74 Å². The number of piperazine rings is 1. The molecule has 4 heterocycles. The molecular weight excluding hydrogens is 518 g/mol. The fourth-order valence-electron chi connectivity index (χ4n) is 8.63. The van der Waals surface area contributed by atoms with Crippen LogP contribution in [-0.2, 0) is 6.54 Å². The van der Waals surface area contributed by atoms with Crippen LogP contribution in [0.4, 0.5) is 0 Å². The van der Waals surface area contributed by atoms with E-state index in [1.54, 1.807) is 7.11 Å². The summed E-state index contributed by atoms with van der Waals surface area (Å²) in [4.78, 5) is 14.6. The zero-order valence-electron chi connectivity index (χ0n) is 23.6. The van der Waals surface area contributed by atoms with Crippen molar-refractivity contribution in [1.82, 2.24) is 13.8 Å². The average molecular weight is 558 g/mol. The Morgan fingerprint density at radius 3 is 2.52 bits per heavy atom.